The van der Waals surface area contributed by atoms with Crippen molar-refractivity contribution in [1.29, 1.82) is 0 Å². The van der Waals surface area contributed by atoms with Gasteiger partial charge in [-0.1, -0.05) is 36.4 Å². The van der Waals surface area contributed by atoms with Gasteiger partial charge in [-0.05, 0) is 24.6 Å². The molecule has 2 nitrogen and oxygen atoms in total. The Morgan fingerprint density at radius 3 is 2.59 bits per heavy atom. The van der Waals surface area contributed by atoms with Gasteiger partial charge in [0.2, 0.25) is 0 Å². The Hall–Kier alpha value is -2.09. The van der Waals surface area contributed by atoms with Gasteiger partial charge in [-0.25, -0.2) is 4.98 Å². The van der Waals surface area contributed by atoms with E-state index >= 15 is 0 Å². The van der Waals surface area contributed by atoms with Crippen LogP contribution < -0.4 is 0 Å². The molecule has 3 rings (SSSR count). The molecule has 17 heavy (non-hydrogen) atoms. The highest BCUT2D eigenvalue weighted by molar-refractivity contribution is 5.42. The van der Waals surface area contributed by atoms with Gasteiger partial charge in [0.1, 0.15) is 5.65 Å². The second-order valence-corrected chi connectivity index (χ2v) is 4.29. The van der Waals surface area contributed by atoms with E-state index in [0.29, 0.717) is 0 Å². The second-order valence-electron chi connectivity index (χ2n) is 4.29. The molecule has 0 aliphatic rings. The van der Waals surface area contributed by atoms with Crippen molar-refractivity contribution in [3.63, 3.8) is 0 Å². The molecule has 0 N–H and O–H groups in total. The van der Waals surface area contributed by atoms with Crippen LogP contribution in [-0.2, 0) is 6.42 Å². The minimum absolute atomic E-state index is 0.891. The first-order valence-corrected chi connectivity index (χ1v) is 5.80. The van der Waals surface area contributed by atoms with E-state index in [1.54, 1.807) is 0 Å². The average Bonchev–Trinajstić information content (AvgIpc) is 2.74. The number of nitrogens with zero attached hydrogens (tertiary/aromatic N) is 2. The summed E-state index contributed by atoms with van der Waals surface area (Å²) in [5, 5.41) is 0. The van der Waals surface area contributed by atoms with Gasteiger partial charge in [-0.3, -0.25) is 0 Å². The lowest BCUT2D eigenvalue weighted by atomic mass is 10.1. The zero-order chi connectivity index (χ0) is 11.7. The minimum atomic E-state index is 0.891. The Balaban J connectivity index is 1.99. The normalized spacial score (nSPS) is 10.9. The highest BCUT2D eigenvalue weighted by Gasteiger charge is 2.03. The first kappa shape index (κ1) is 10.1. The van der Waals surface area contributed by atoms with Gasteiger partial charge in [0.25, 0.3) is 0 Å². The molecule has 2 heteroatoms. The van der Waals surface area contributed by atoms with Crippen LogP contribution in [0.2, 0.25) is 0 Å². The second kappa shape index (κ2) is 4.06. The molecular weight excluding hydrogens is 208 g/mol. The average molecular weight is 222 g/mol. The zero-order valence-corrected chi connectivity index (χ0v) is 9.80. The Morgan fingerprint density at radius 2 is 1.82 bits per heavy atom. The van der Waals surface area contributed by atoms with Gasteiger partial charge in [0.05, 0.1) is 5.69 Å². The van der Waals surface area contributed by atoms with E-state index in [9.17, 15) is 0 Å². The molecule has 2 aromatic heterocycles. The van der Waals surface area contributed by atoms with Crippen molar-refractivity contribution in [1.82, 2.24) is 9.38 Å². The van der Waals surface area contributed by atoms with E-state index in [-0.39, 0.29) is 0 Å². The van der Waals surface area contributed by atoms with Crippen molar-refractivity contribution < 1.29 is 0 Å². The molecule has 0 atom stereocenters. The molecule has 0 aliphatic carbocycles. The first-order valence-electron chi connectivity index (χ1n) is 5.80. The van der Waals surface area contributed by atoms with Gasteiger partial charge in [0.15, 0.2) is 0 Å². The summed E-state index contributed by atoms with van der Waals surface area (Å²) in [5.74, 6) is 0. The molecule has 0 fully saturated rings. The summed E-state index contributed by atoms with van der Waals surface area (Å²) in [6.45, 7) is 2.10. The molecule has 1 aromatic carbocycles. The van der Waals surface area contributed by atoms with Crippen molar-refractivity contribution in [3.05, 3.63) is 71.7 Å². The van der Waals surface area contributed by atoms with E-state index in [4.69, 9.17) is 0 Å². The number of aryl methyl sites for hydroxylation is 1. The monoisotopic (exact) mass is 222 g/mol. The Kier molecular flexibility index (Phi) is 2.41. The van der Waals surface area contributed by atoms with E-state index in [1.807, 2.05) is 18.2 Å². The summed E-state index contributed by atoms with van der Waals surface area (Å²) in [4.78, 5) is 4.63. The third-order valence-corrected chi connectivity index (χ3v) is 2.97. The van der Waals surface area contributed by atoms with E-state index < -0.39 is 0 Å². The number of benzene rings is 1. The molecule has 84 valence electrons. The van der Waals surface area contributed by atoms with Crippen LogP contribution >= 0.6 is 0 Å². The van der Waals surface area contributed by atoms with Crippen molar-refractivity contribution >= 4 is 5.65 Å². The predicted molar refractivity (Wildman–Crippen MR) is 69.2 cm³/mol. The van der Waals surface area contributed by atoms with Crippen molar-refractivity contribution in [2.24, 2.45) is 0 Å². The molecule has 2 heterocycles. The number of hydrogen-bond donors (Lipinski definition) is 0. The first-order chi connectivity index (χ1) is 8.33. The quantitative estimate of drug-likeness (QED) is 0.650. The van der Waals surface area contributed by atoms with Crippen LogP contribution in [0.5, 0.6) is 0 Å². The summed E-state index contributed by atoms with van der Waals surface area (Å²) in [6, 6.07) is 16.6. The third-order valence-electron chi connectivity index (χ3n) is 2.97. The molecular formula is C15H14N2. The van der Waals surface area contributed by atoms with Crippen LogP contribution in [0.3, 0.4) is 0 Å². The lowest BCUT2D eigenvalue weighted by Crippen LogP contribution is -1.87. The van der Waals surface area contributed by atoms with Gasteiger partial charge in [-0.15, -0.1) is 0 Å². The molecule has 0 saturated heterocycles. The maximum Gasteiger partial charge on any atom is 0.137 e. The number of fused-ring (bicyclic) bond motifs is 1. The molecule has 0 aliphatic heterocycles. The van der Waals surface area contributed by atoms with Gasteiger partial charge in [-0.2, -0.15) is 0 Å². The molecule has 0 spiro atoms. The number of hydrogen-bond acceptors (Lipinski definition) is 1. The molecule has 0 radical (unpaired) electrons. The maximum absolute atomic E-state index is 4.63. The summed E-state index contributed by atoms with van der Waals surface area (Å²) in [7, 11) is 0. The predicted octanol–water partition coefficient (Wildman–Crippen LogP) is 3.23. The fraction of sp³-hybridized carbons (Fsp3) is 0.133. The van der Waals surface area contributed by atoms with Crippen LogP contribution in [0.15, 0.2) is 54.7 Å². The minimum Gasteiger partial charge on any atom is -0.304 e. The molecule has 0 amide bonds. The smallest absolute Gasteiger partial charge is 0.137 e. The van der Waals surface area contributed by atoms with E-state index in [2.05, 4.69) is 52.8 Å². The standard InChI is InChI=1S/C15H14N2/c1-12-6-5-9-15-16-14(11-17(12)15)10-13-7-3-2-4-8-13/h2-9,11H,10H2,1H3. The van der Waals surface area contributed by atoms with Gasteiger partial charge < -0.3 is 4.40 Å². The summed E-state index contributed by atoms with van der Waals surface area (Å²) in [6.07, 6.45) is 3.01. The van der Waals surface area contributed by atoms with Crippen LogP contribution in [0.25, 0.3) is 5.65 Å². The largest absolute Gasteiger partial charge is 0.304 e. The van der Waals surface area contributed by atoms with Crippen molar-refractivity contribution in [3.8, 4) is 0 Å². The SMILES string of the molecule is Cc1cccc2nc(Cc3ccccc3)cn12. The van der Waals surface area contributed by atoms with Crippen LogP contribution in [0, 0.1) is 6.92 Å². The Labute approximate surface area is 101 Å². The van der Waals surface area contributed by atoms with E-state index in [1.165, 1.54) is 11.3 Å². The number of pyridine rings is 1. The number of imidazole rings is 1. The number of rotatable bonds is 2. The molecule has 0 bridgehead atoms. The van der Waals surface area contributed by atoms with Gasteiger partial charge in [0, 0.05) is 18.3 Å². The van der Waals surface area contributed by atoms with Crippen molar-refractivity contribution in [2.45, 2.75) is 13.3 Å². The van der Waals surface area contributed by atoms with Crippen LogP contribution in [-0.4, -0.2) is 9.38 Å². The molecule has 0 unspecified atom stereocenters. The Bertz CT molecular complexity index is 638. The lowest BCUT2D eigenvalue weighted by Gasteiger charge is -1.96. The van der Waals surface area contributed by atoms with E-state index in [0.717, 1.165) is 17.8 Å². The maximum atomic E-state index is 4.63. The fourth-order valence-corrected chi connectivity index (χ4v) is 2.09. The van der Waals surface area contributed by atoms with Crippen molar-refractivity contribution in [2.75, 3.05) is 0 Å². The summed E-state index contributed by atoms with van der Waals surface area (Å²) in [5.41, 5.74) is 4.66. The van der Waals surface area contributed by atoms with Crippen LogP contribution in [0.1, 0.15) is 17.0 Å². The Morgan fingerprint density at radius 1 is 1.00 bits per heavy atom. The zero-order valence-electron chi connectivity index (χ0n) is 9.80. The topological polar surface area (TPSA) is 17.3 Å². The highest BCUT2D eigenvalue weighted by Crippen LogP contribution is 2.12. The summed E-state index contributed by atoms with van der Waals surface area (Å²) < 4.78 is 2.14. The highest BCUT2D eigenvalue weighted by atomic mass is 15.0. The molecule has 3 aromatic rings. The lowest BCUT2D eigenvalue weighted by molar-refractivity contribution is 1.08. The molecule has 0 saturated carbocycles. The third kappa shape index (κ3) is 1.94. The van der Waals surface area contributed by atoms with Crippen LogP contribution in [0.4, 0.5) is 0 Å². The number of aromatic nitrogens is 2. The van der Waals surface area contributed by atoms with Gasteiger partial charge >= 0.3 is 0 Å². The fourth-order valence-electron chi connectivity index (χ4n) is 2.09. The summed E-state index contributed by atoms with van der Waals surface area (Å²) >= 11 is 0.